The number of amides is 1. The van der Waals surface area contributed by atoms with Gasteiger partial charge in [-0.2, -0.15) is 0 Å². The lowest BCUT2D eigenvalue weighted by Gasteiger charge is -2.01. The summed E-state index contributed by atoms with van der Waals surface area (Å²) in [6.45, 7) is 0.147. The summed E-state index contributed by atoms with van der Waals surface area (Å²) in [5.41, 5.74) is 1.44. The fourth-order valence-corrected chi connectivity index (χ4v) is 1.15. The Morgan fingerprint density at radius 1 is 1.23 bits per heavy atom. The lowest BCUT2D eigenvalue weighted by Crippen LogP contribution is -2.21. The van der Waals surface area contributed by atoms with Crippen LogP contribution < -0.4 is 5.32 Å². The Balaban J connectivity index is 2.40. The second kappa shape index (κ2) is 2.90. The molecule has 2 rings (SSSR count). The number of fused-ring (bicyclic) bond motifs is 1. The van der Waals surface area contributed by atoms with E-state index in [4.69, 9.17) is 4.74 Å². The number of ether oxygens (including phenoxy) is 1. The molecule has 0 bridgehead atoms. The third-order valence-corrected chi connectivity index (χ3v) is 1.81. The predicted octanol–water partition coefficient (Wildman–Crippen LogP) is 0.682. The van der Waals surface area contributed by atoms with Crippen molar-refractivity contribution in [1.82, 2.24) is 0 Å². The molecule has 1 amide bonds. The fraction of sp³-hybridized carbons (Fsp3) is 0.111. The molecule has 66 valence electrons. The molecule has 0 radical (unpaired) electrons. The molecule has 1 aliphatic heterocycles. The normalized spacial score (nSPS) is 15.4. The average Bonchev–Trinajstić information content (AvgIpc) is 2.28. The maximum absolute atomic E-state index is 11.0. The quantitative estimate of drug-likeness (QED) is 0.468. The Kier molecular flexibility index (Phi) is 1.73. The standard InChI is InChI=1S/C9H7NO3/c11-8-9(12)13-5-6-3-1-2-4-7(6)10-8/h1-4H,5H2,(H,10,11). The first-order valence-electron chi connectivity index (χ1n) is 3.83. The number of rotatable bonds is 0. The lowest BCUT2D eigenvalue weighted by molar-refractivity contribution is -0.153. The summed E-state index contributed by atoms with van der Waals surface area (Å²) in [7, 11) is 0. The molecular formula is C9H7NO3. The molecular weight excluding hydrogens is 170 g/mol. The molecule has 1 heterocycles. The van der Waals surface area contributed by atoms with Gasteiger partial charge in [0.25, 0.3) is 0 Å². The van der Waals surface area contributed by atoms with Crippen molar-refractivity contribution in [2.24, 2.45) is 0 Å². The van der Waals surface area contributed by atoms with E-state index in [0.29, 0.717) is 5.69 Å². The van der Waals surface area contributed by atoms with Gasteiger partial charge in [0.15, 0.2) is 0 Å². The number of nitrogens with one attached hydrogen (secondary N) is 1. The van der Waals surface area contributed by atoms with Crippen LogP contribution in [0.15, 0.2) is 24.3 Å². The van der Waals surface area contributed by atoms with Crippen LogP contribution in [0.2, 0.25) is 0 Å². The van der Waals surface area contributed by atoms with Crippen molar-refractivity contribution in [1.29, 1.82) is 0 Å². The van der Waals surface area contributed by atoms with Crippen LogP contribution in [0.1, 0.15) is 5.56 Å². The van der Waals surface area contributed by atoms with E-state index in [1.807, 2.05) is 6.07 Å². The van der Waals surface area contributed by atoms with Gasteiger partial charge >= 0.3 is 11.9 Å². The molecule has 1 N–H and O–H groups in total. The summed E-state index contributed by atoms with van der Waals surface area (Å²) in [6, 6.07) is 7.14. The number of benzene rings is 1. The van der Waals surface area contributed by atoms with E-state index in [1.165, 1.54) is 0 Å². The van der Waals surface area contributed by atoms with E-state index >= 15 is 0 Å². The SMILES string of the molecule is O=C1Nc2ccccc2COC1=O. The minimum Gasteiger partial charge on any atom is -0.454 e. The van der Waals surface area contributed by atoms with Gasteiger partial charge in [-0.1, -0.05) is 18.2 Å². The Bertz CT molecular complexity index is 373. The van der Waals surface area contributed by atoms with Crippen LogP contribution in [0.25, 0.3) is 0 Å². The zero-order valence-electron chi connectivity index (χ0n) is 6.74. The van der Waals surface area contributed by atoms with Gasteiger partial charge in [-0.25, -0.2) is 4.79 Å². The van der Waals surface area contributed by atoms with E-state index in [2.05, 4.69) is 5.32 Å². The van der Waals surface area contributed by atoms with Crippen molar-refractivity contribution in [2.45, 2.75) is 6.61 Å². The van der Waals surface area contributed by atoms with Gasteiger partial charge < -0.3 is 10.1 Å². The highest BCUT2D eigenvalue weighted by atomic mass is 16.5. The molecule has 1 aromatic carbocycles. The van der Waals surface area contributed by atoms with Crippen LogP contribution in [0.5, 0.6) is 0 Å². The largest absolute Gasteiger partial charge is 0.454 e. The molecule has 1 aromatic rings. The van der Waals surface area contributed by atoms with Crippen molar-refractivity contribution in [3.05, 3.63) is 29.8 Å². The second-order valence-electron chi connectivity index (χ2n) is 2.69. The van der Waals surface area contributed by atoms with Gasteiger partial charge in [0.05, 0.1) is 0 Å². The number of carbonyl (C=O) groups is 2. The van der Waals surface area contributed by atoms with Crippen LogP contribution in [0.4, 0.5) is 5.69 Å². The summed E-state index contributed by atoms with van der Waals surface area (Å²) in [5, 5.41) is 2.46. The van der Waals surface area contributed by atoms with Crippen LogP contribution >= 0.6 is 0 Å². The third kappa shape index (κ3) is 1.38. The third-order valence-electron chi connectivity index (χ3n) is 1.81. The first-order valence-corrected chi connectivity index (χ1v) is 3.83. The minimum absolute atomic E-state index is 0.147. The number of hydrogen-bond donors (Lipinski definition) is 1. The fourth-order valence-electron chi connectivity index (χ4n) is 1.15. The minimum atomic E-state index is -0.837. The smallest absolute Gasteiger partial charge is 0.397 e. The van der Waals surface area contributed by atoms with Crippen molar-refractivity contribution >= 4 is 17.6 Å². The Morgan fingerprint density at radius 3 is 2.85 bits per heavy atom. The van der Waals surface area contributed by atoms with Crippen LogP contribution in [-0.4, -0.2) is 11.9 Å². The van der Waals surface area contributed by atoms with Gasteiger partial charge in [-0.05, 0) is 6.07 Å². The highest BCUT2D eigenvalue weighted by Crippen LogP contribution is 2.18. The van der Waals surface area contributed by atoms with E-state index in [0.717, 1.165) is 5.56 Å². The van der Waals surface area contributed by atoms with Crippen LogP contribution in [0.3, 0.4) is 0 Å². The van der Waals surface area contributed by atoms with E-state index < -0.39 is 11.9 Å². The topological polar surface area (TPSA) is 55.4 Å². The molecule has 1 aliphatic rings. The molecule has 0 spiro atoms. The molecule has 0 saturated heterocycles. The summed E-state index contributed by atoms with van der Waals surface area (Å²) in [4.78, 5) is 21.8. The van der Waals surface area contributed by atoms with E-state index in [1.54, 1.807) is 18.2 Å². The van der Waals surface area contributed by atoms with Crippen molar-refractivity contribution in [3.63, 3.8) is 0 Å². The van der Waals surface area contributed by atoms with Crippen molar-refractivity contribution in [3.8, 4) is 0 Å². The number of anilines is 1. The highest BCUT2D eigenvalue weighted by molar-refractivity contribution is 6.37. The van der Waals surface area contributed by atoms with Gasteiger partial charge in [0.2, 0.25) is 0 Å². The van der Waals surface area contributed by atoms with Gasteiger partial charge in [-0.3, -0.25) is 4.79 Å². The number of esters is 1. The van der Waals surface area contributed by atoms with Crippen molar-refractivity contribution in [2.75, 3.05) is 5.32 Å². The van der Waals surface area contributed by atoms with Crippen LogP contribution in [0, 0.1) is 0 Å². The molecule has 0 unspecified atom stereocenters. The number of cyclic esters (lactones) is 1. The summed E-state index contributed by atoms with van der Waals surface area (Å²) >= 11 is 0. The maximum Gasteiger partial charge on any atom is 0.397 e. The molecule has 0 saturated carbocycles. The molecule has 0 aromatic heterocycles. The van der Waals surface area contributed by atoms with E-state index in [9.17, 15) is 9.59 Å². The van der Waals surface area contributed by atoms with Crippen molar-refractivity contribution < 1.29 is 14.3 Å². The van der Waals surface area contributed by atoms with E-state index in [-0.39, 0.29) is 6.61 Å². The zero-order chi connectivity index (χ0) is 9.26. The molecule has 4 heteroatoms. The molecule has 0 fully saturated rings. The lowest BCUT2D eigenvalue weighted by atomic mass is 10.2. The average molecular weight is 177 g/mol. The summed E-state index contributed by atoms with van der Waals surface area (Å²) in [6.07, 6.45) is 0. The summed E-state index contributed by atoms with van der Waals surface area (Å²) in [5.74, 6) is -1.55. The van der Waals surface area contributed by atoms with Crippen LogP contribution in [-0.2, 0) is 20.9 Å². The number of hydrogen-bond acceptors (Lipinski definition) is 3. The van der Waals surface area contributed by atoms with Gasteiger partial charge in [0, 0.05) is 11.3 Å². The Hall–Kier alpha value is -1.84. The molecule has 4 nitrogen and oxygen atoms in total. The van der Waals surface area contributed by atoms with Gasteiger partial charge in [-0.15, -0.1) is 0 Å². The highest BCUT2D eigenvalue weighted by Gasteiger charge is 2.20. The molecule has 0 atom stereocenters. The Labute approximate surface area is 74.5 Å². The predicted molar refractivity (Wildman–Crippen MR) is 44.9 cm³/mol. The maximum atomic E-state index is 11.0. The monoisotopic (exact) mass is 177 g/mol. The van der Waals surface area contributed by atoms with Gasteiger partial charge in [0.1, 0.15) is 6.61 Å². The molecule has 0 aliphatic carbocycles. The zero-order valence-corrected chi connectivity index (χ0v) is 6.74. The number of para-hydroxylation sites is 1. The Morgan fingerprint density at radius 2 is 2.00 bits per heavy atom. The number of carbonyl (C=O) groups excluding carboxylic acids is 2. The first-order chi connectivity index (χ1) is 6.27. The summed E-state index contributed by atoms with van der Waals surface area (Å²) < 4.78 is 4.69. The second-order valence-corrected chi connectivity index (χ2v) is 2.69. The molecule has 13 heavy (non-hydrogen) atoms. The first kappa shape index (κ1) is 7.79.